The Balaban J connectivity index is 2.95. The molecule has 1 unspecified atom stereocenters. The van der Waals surface area contributed by atoms with Gasteiger partial charge >= 0.3 is 0 Å². The van der Waals surface area contributed by atoms with Crippen molar-refractivity contribution < 1.29 is 5.11 Å². The van der Waals surface area contributed by atoms with Crippen molar-refractivity contribution in [3.8, 4) is 0 Å². The number of benzene rings is 1. The number of hydrogen-bond acceptors (Lipinski definition) is 3. The van der Waals surface area contributed by atoms with Gasteiger partial charge in [0.25, 0.3) is 0 Å². The van der Waals surface area contributed by atoms with Crippen LogP contribution in [0.3, 0.4) is 0 Å². The van der Waals surface area contributed by atoms with Crippen LogP contribution >= 0.6 is 11.6 Å². The Morgan fingerprint density at radius 1 is 1.39 bits per heavy atom. The lowest BCUT2D eigenvalue weighted by Gasteiger charge is -2.25. The van der Waals surface area contributed by atoms with E-state index < -0.39 is 0 Å². The third-order valence-corrected chi connectivity index (χ3v) is 3.41. The molecule has 2 N–H and O–H groups in total. The molecular formula is C14H23ClN2O. The second kappa shape index (κ2) is 7.62. The van der Waals surface area contributed by atoms with Crippen molar-refractivity contribution in [2.45, 2.75) is 26.3 Å². The minimum absolute atomic E-state index is 0.144. The highest BCUT2D eigenvalue weighted by Gasteiger charge is 2.11. The molecule has 0 amide bonds. The van der Waals surface area contributed by atoms with E-state index in [1.807, 2.05) is 19.2 Å². The van der Waals surface area contributed by atoms with E-state index in [1.165, 1.54) is 5.56 Å². The lowest BCUT2D eigenvalue weighted by Crippen LogP contribution is -2.27. The molecule has 1 aromatic rings. The van der Waals surface area contributed by atoms with Gasteiger partial charge in [0, 0.05) is 19.1 Å². The van der Waals surface area contributed by atoms with E-state index in [1.54, 1.807) is 0 Å². The molecule has 1 atom stereocenters. The number of halogens is 1. The van der Waals surface area contributed by atoms with Crippen LogP contribution < -0.4 is 10.2 Å². The zero-order valence-corrected chi connectivity index (χ0v) is 12.2. The Kier molecular flexibility index (Phi) is 6.47. The molecule has 0 spiro atoms. The molecule has 0 radical (unpaired) electrons. The summed E-state index contributed by atoms with van der Waals surface area (Å²) in [6, 6.07) is 6.41. The number of aliphatic hydroxyl groups is 1. The first-order chi connectivity index (χ1) is 8.63. The van der Waals surface area contributed by atoms with E-state index in [0.29, 0.717) is 6.54 Å². The molecule has 4 heteroatoms. The number of anilines is 1. The van der Waals surface area contributed by atoms with Crippen LogP contribution in [0.1, 0.15) is 31.9 Å². The van der Waals surface area contributed by atoms with Gasteiger partial charge in [0.1, 0.15) is 0 Å². The largest absolute Gasteiger partial charge is 0.395 e. The van der Waals surface area contributed by atoms with Gasteiger partial charge in [0.2, 0.25) is 0 Å². The lowest BCUT2D eigenvalue weighted by atomic mass is 10.1. The fraction of sp³-hybridized carbons (Fsp3) is 0.571. The van der Waals surface area contributed by atoms with Gasteiger partial charge in [0.05, 0.1) is 17.3 Å². The molecule has 3 nitrogen and oxygen atoms in total. The van der Waals surface area contributed by atoms with Crippen molar-refractivity contribution in [3.05, 3.63) is 28.8 Å². The summed E-state index contributed by atoms with van der Waals surface area (Å²) in [7, 11) is 1.93. The number of nitrogens with zero attached hydrogens (tertiary/aromatic N) is 1. The van der Waals surface area contributed by atoms with Gasteiger partial charge in [-0.3, -0.25) is 0 Å². The zero-order valence-electron chi connectivity index (χ0n) is 11.4. The third-order valence-electron chi connectivity index (χ3n) is 3.11. The predicted octanol–water partition coefficient (Wildman–Crippen LogP) is 2.83. The molecule has 0 saturated heterocycles. The summed E-state index contributed by atoms with van der Waals surface area (Å²) in [5.41, 5.74) is 2.17. The summed E-state index contributed by atoms with van der Waals surface area (Å²) < 4.78 is 0. The maximum atomic E-state index is 9.10. The topological polar surface area (TPSA) is 35.5 Å². The third kappa shape index (κ3) is 3.87. The standard InChI is InChI=1S/C14H23ClN2O/c1-4-7-17(8-9-18)14-6-5-12(10-13(14)15)11(2)16-3/h5-6,10-11,16,18H,4,7-9H2,1-3H3. The highest BCUT2D eigenvalue weighted by atomic mass is 35.5. The molecule has 102 valence electrons. The Morgan fingerprint density at radius 2 is 2.11 bits per heavy atom. The molecule has 1 rings (SSSR count). The first kappa shape index (κ1) is 15.3. The van der Waals surface area contributed by atoms with Crippen molar-refractivity contribution in [1.82, 2.24) is 5.32 Å². The SMILES string of the molecule is CCCN(CCO)c1ccc(C(C)NC)cc1Cl. The smallest absolute Gasteiger partial charge is 0.0642 e. The lowest BCUT2D eigenvalue weighted by molar-refractivity contribution is 0.302. The Bertz CT molecular complexity index is 365. The Morgan fingerprint density at radius 3 is 2.61 bits per heavy atom. The van der Waals surface area contributed by atoms with Crippen LogP contribution in [0.5, 0.6) is 0 Å². The van der Waals surface area contributed by atoms with Crippen LogP contribution in [0.2, 0.25) is 5.02 Å². The number of nitrogens with one attached hydrogen (secondary N) is 1. The molecule has 1 aromatic carbocycles. The average Bonchev–Trinajstić information content (AvgIpc) is 2.37. The fourth-order valence-corrected chi connectivity index (χ4v) is 2.27. The first-order valence-corrected chi connectivity index (χ1v) is 6.84. The first-order valence-electron chi connectivity index (χ1n) is 6.46. The Labute approximate surface area is 115 Å². The van der Waals surface area contributed by atoms with Gasteiger partial charge in [-0.15, -0.1) is 0 Å². The van der Waals surface area contributed by atoms with Gasteiger partial charge in [-0.25, -0.2) is 0 Å². The summed E-state index contributed by atoms with van der Waals surface area (Å²) in [5.74, 6) is 0. The van der Waals surface area contributed by atoms with Gasteiger partial charge in [-0.2, -0.15) is 0 Å². The molecule has 0 aliphatic carbocycles. The van der Waals surface area contributed by atoms with Gasteiger partial charge < -0.3 is 15.3 Å². The molecular weight excluding hydrogens is 248 g/mol. The number of aliphatic hydroxyl groups excluding tert-OH is 1. The highest BCUT2D eigenvalue weighted by molar-refractivity contribution is 6.33. The summed E-state index contributed by atoms with van der Waals surface area (Å²) in [6.07, 6.45) is 1.03. The van der Waals surface area contributed by atoms with Crippen LogP contribution in [0.4, 0.5) is 5.69 Å². The zero-order chi connectivity index (χ0) is 13.5. The van der Waals surface area contributed by atoms with Crippen LogP contribution in [0.25, 0.3) is 0 Å². The van der Waals surface area contributed by atoms with Crippen LogP contribution in [-0.2, 0) is 0 Å². The van der Waals surface area contributed by atoms with E-state index >= 15 is 0 Å². The van der Waals surface area contributed by atoms with E-state index in [-0.39, 0.29) is 12.6 Å². The van der Waals surface area contributed by atoms with Gasteiger partial charge in [0.15, 0.2) is 0 Å². The molecule has 0 heterocycles. The van der Waals surface area contributed by atoms with Crippen molar-refractivity contribution >= 4 is 17.3 Å². The minimum atomic E-state index is 0.144. The van der Waals surface area contributed by atoms with Gasteiger partial charge in [-0.05, 0) is 38.1 Å². The molecule has 0 fully saturated rings. The molecule has 18 heavy (non-hydrogen) atoms. The van der Waals surface area contributed by atoms with Crippen molar-refractivity contribution in [1.29, 1.82) is 0 Å². The molecule has 0 saturated carbocycles. The van der Waals surface area contributed by atoms with E-state index in [4.69, 9.17) is 16.7 Å². The van der Waals surface area contributed by atoms with Crippen molar-refractivity contribution in [3.63, 3.8) is 0 Å². The maximum absolute atomic E-state index is 9.10. The van der Waals surface area contributed by atoms with Crippen molar-refractivity contribution in [2.24, 2.45) is 0 Å². The monoisotopic (exact) mass is 270 g/mol. The second-order valence-corrected chi connectivity index (χ2v) is 4.84. The van der Waals surface area contributed by atoms with Crippen LogP contribution in [0.15, 0.2) is 18.2 Å². The summed E-state index contributed by atoms with van der Waals surface area (Å²) in [4.78, 5) is 2.12. The summed E-state index contributed by atoms with van der Waals surface area (Å²) in [5, 5.41) is 13.0. The minimum Gasteiger partial charge on any atom is -0.395 e. The van der Waals surface area contributed by atoms with Crippen molar-refractivity contribution in [2.75, 3.05) is 31.6 Å². The van der Waals surface area contributed by atoms with Crippen LogP contribution in [-0.4, -0.2) is 31.9 Å². The Hall–Kier alpha value is -0.770. The molecule has 0 aliphatic heterocycles. The van der Waals surface area contributed by atoms with E-state index in [0.717, 1.165) is 23.7 Å². The van der Waals surface area contributed by atoms with E-state index in [9.17, 15) is 0 Å². The molecule has 0 bridgehead atoms. The maximum Gasteiger partial charge on any atom is 0.0642 e. The van der Waals surface area contributed by atoms with E-state index in [2.05, 4.69) is 30.1 Å². The average molecular weight is 271 g/mol. The summed E-state index contributed by atoms with van der Waals surface area (Å²) >= 11 is 6.35. The van der Waals surface area contributed by atoms with Crippen LogP contribution in [0, 0.1) is 0 Å². The number of rotatable bonds is 7. The number of hydrogen-bond donors (Lipinski definition) is 2. The van der Waals surface area contributed by atoms with Gasteiger partial charge in [-0.1, -0.05) is 24.6 Å². The second-order valence-electron chi connectivity index (χ2n) is 4.43. The quantitative estimate of drug-likeness (QED) is 0.800. The fourth-order valence-electron chi connectivity index (χ4n) is 1.96. The molecule has 0 aliphatic rings. The summed E-state index contributed by atoms with van der Waals surface area (Å²) in [6.45, 7) is 5.89. The predicted molar refractivity (Wildman–Crippen MR) is 78.5 cm³/mol. The molecule has 0 aromatic heterocycles. The highest BCUT2D eigenvalue weighted by Crippen LogP contribution is 2.29. The normalized spacial score (nSPS) is 12.5.